The van der Waals surface area contributed by atoms with Crippen molar-refractivity contribution in [2.75, 3.05) is 32.8 Å². The van der Waals surface area contributed by atoms with Crippen LogP contribution in [0.4, 0.5) is 0 Å². The summed E-state index contributed by atoms with van der Waals surface area (Å²) in [6, 6.07) is 6.82. The van der Waals surface area contributed by atoms with E-state index in [1.54, 1.807) is 29.2 Å². The first kappa shape index (κ1) is 17.4. The third-order valence-electron chi connectivity index (χ3n) is 5.45. The highest BCUT2D eigenvalue weighted by Crippen LogP contribution is 2.43. The molecular weight excluding hydrogens is 328 g/mol. The predicted octanol–water partition coefficient (Wildman–Crippen LogP) is 0.846. The quantitative estimate of drug-likeness (QED) is 0.875. The van der Waals surface area contributed by atoms with Gasteiger partial charge in [-0.2, -0.15) is 4.31 Å². The molecule has 0 spiro atoms. The number of aliphatic hydroxyl groups is 1. The number of aryl methyl sites for hydroxylation is 1. The number of rotatable bonds is 3. The maximum absolute atomic E-state index is 12.9. The number of amides is 1. The molecule has 0 unspecified atom stereocenters. The van der Waals surface area contributed by atoms with Crippen molar-refractivity contribution in [3.05, 3.63) is 29.8 Å². The molecule has 0 aliphatic carbocycles. The summed E-state index contributed by atoms with van der Waals surface area (Å²) in [6.45, 7) is 5.03. The maximum Gasteiger partial charge on any atom is 0.243 e. The van der Waals surface area contributed by atoms with Crippen LogP contribution in [0.1, 0.15) is 18.9 Å². The van der Waals surface area contributed by atoms with Crippen LogP contribution in [0.2, 0.25) is 0 Å². The summed E-state index contributed by atoms with van der Waals surface area (Å²) in [5.41, 5.74) is 0.453. The minimum atomic E-state index is -3.58. The predicted molar refractivity (Wildman–Crippen MR) is 89.8 cm³/mol. The Balaban J connectivity index is 1.87. The molecule has 2 aliphatic rings. The third-order valence-corrected chi connectivity index (χ3v) is 7.28. The first-order valence-electron chi connectivity index (χ1n) is 8.22. The Kier molecular flexibility index (Phi) is 4.44. The van der Waals surface area contributed by atoms with Crippen molar-refractivity contribution in [2.45, 2.75) is 25.2 Å². The van der Waals surface area contributed by atoms with E-state index in [0.29, 0.717) is 19.6 Å². The van der Waals surface area contributed by atoms with Crippen molar-refractivity contribution in [1.82, 2.24) is 9.21 Å². The lowest BCUT2D eigenvalue weighted by Crippen LogP contribution is -2.52. The number of piperidine rings is 1. The SMILES string of the molecule is CC(=O)N1CC[C@H]2CN(S(=O)(=O)c3ccc(C)cc3)C[C@@]2(CO)C1. The molecule has 2 aliphatic heterocycles. The van der Waals surface area contributed by atoms with Gasteiger partial charge in [0.1, 0.15) is 0 Å². The molecule has 0 bridgehead atoms. The second kappa shape index (κ2) is 6.13. The highest BCUT2D eigenvalue weighted by atomic mass is 32.2. The Morgan fingerprint density at radius 2 is 1.96 bits per heavy atom. The Morgan fingerprint density at radius 3 is 2.54 bits per heavy atom. The zero-order chi connectivity index (χ0) is 17.5. The summed E-state index contributed by atoms with van der Waals surface area (Å²) in [5.74, 6) is 0.0550. The average molecular weight is 352 g/mol. The zero-order valence-electron chi connectivity index (χ0n) is 14.1. The summed E-state index contributed by atoms with van der Waals surface area (Å²) in [5, 5.41) is 9.98. The first-order valence-corrected chi connectivity index (χ1v) is 9.66. The van der Waals surface area contributed by atoms with Crippen molar-refractivity contribution in [2.24, 2.45) is 11.3 Å². The number of carbonyl (C=O) groups is 1. The molecule has 2 atom stereocenters. The van der Waals surface area contributed by atoms with Crippen LogP contribution < -0.4 is 0 Å². The van der Waals surface area contributed by atoms with Gasteiger partial charge < -0.3 is 10.0 Å². The van der Waals surface area contributed by atoms with Crippen molar-refractivity contribution in [1.29, 1.82) is 0 Å². The number of aliphatic hydroxyl groups excluding tert-OH is 1. The molecule has 7 heteroatoms. The summed E-state index contributed by atoms with van der Waals surface area (Å²) in [6.07, 6.45) is 0.722. The minimum absolute atomic E-state index is 0.0267. The molecule has 2 heterocycles. The van der Waals surface area contributed by atoms with Crippen LogP contribution in [0, 0.1) is 18.3 Å². The largest absolute Gasteiger partial charge is 0.396 e. The van der Waals surface area contributed by atoms with Gasteiger partial charge >= 0.3 is 0 Å². The van der Waals surface area contributed by atoms with E-state index in [1.807, 2.05) is 6.92 Å². The van der Waals surface area contributed by atoms with Crippen LogP contribution in [0.3, 0.4) is 0 Å². The molecule has 1 aromatic carbocycles. The number of hydrogen-bond acceptors (Lipinski definition) is 4. The van der Waals surface area contributed by atoms with Crippen molar-refractivity contribution in [3.63, 3.8) is 0 Å². The third kappa shape index (κ3) is 2.85. The molecule has 0 saturated carbocycles. The fourth-order valence-electron chi connectivity index (χ4n) is 3.87. The Labute approximate surface area is 143 Å². The monoisotopic (exact) mass is 352 g/mol. The molecular formula is C17H24N2O4S. The van der Waals surface area contributed by atoms with Gasteiger partial charge in [0.15, 0.2) is 0 Å². The van der Waals surface area contributed by atoms with Crippen LogP contribution in [0.15, 0.2) is 29.2 Å². The van der Waals surface area contributed by atoms with Crippen LogP contribution >= 0.6 is 0 Å². The lowest BCUT2D eigenvalue weighted by atomic mass is 9.74. The number of nitrogens with zero attached hydrogens (tertiary/aromatic N) is 2. The topological polar surface area (TPSA) is 77.9 Å². The molecule has 6 nitrogen and oxygen atoms in total. The van der Waals surface area contributed by atoms with Crippen LogP contribution in [0.5, 0.6) is 0 Å². The highest BCUT2D eigenvalue weighted by molar-refractivity contribution is 7.89. The van der Waals surface area contributed by atoms with E-state index in [9.17, 15) is 18.3 Å². The molecule has 0 aromatic heterocycles. The zero-order valence-corrected chi connectivity index (χ0v) is 14.9. The van der Waals surface area contributed by atoms with Gasteiger partial charge in [0.05, 0.1) is 11.5 Å². The van der Waals surface area contributed by atoms with Crippen LogP contribution in [-0.2, 0) is 14.8 Å². The van der Waals surface area contributed by atoms with Crippen LogP contribution in [-0.4, -0.2) is 61.4 Å². The Hall–Kier alpha value is -1.44. The highest BCUT2D eigenvalue weighted by Gasteiger charge is 2.52. The van der Waals surface area contributed by atoms with Gasteiger partial charge in [0, 0.05) is 38.5 Å². The summed E-state index contributed by atoms with van der Waals surface area (Å²) >= 11 is 0. The Bertz CT molecular complexity index is 731. The molecule has 0 radical (unpaired) electrons. The summed E-state index contributed by atoms with van der Waals surface area (Å²) in [7, 11) is -3.58. The van der Waals surface area contributed by atoms with E-state index in [-0.39, 0.29) is 29.9 Å². The van der Waals surface area contributed by atoms with Gasteiger partial charge in [-0.05, 0) is 31.4 Å². The van der Waals surface area contributed by atoms with Crippen molar-refractivity contribution < 1.29 is 18.3 Å². The van der Waals surface area contributed by atoms with E-state index in [4.69, 9.17) is 0 Å². The molecule has 2 saturated heterocycles. The molecule has 1 amide bonds. The fourth-order valence-corrected chi connectivity index (χ4v) is 5.45. The number of sulfonamides is 1. The molecule has 1 N–H and O–H groups in total. The first-order chi connectivity index (χ1) is 11.3. The molecule has 24 heavy (non-hydrogen) atoms. The van der Waals surface area contributed by atoms with Gasteiger partial charge in [-0.3, -0.25) is 4.79 Å². The Morgan fingerprint density at radius 1 is 1.29 bits per heavy atom. The molecule has 2 fully saturated rings. The number of fused-ring (bicyclic) bond motifs is 1. The van der Waals surface area contributed by atoms with Crippen molar-refractivity contribution in [3.8, 4) is 0 Å². The van der Waals surface area contributed by atoms with Crippen LogP contribution in [0.25, 0.3) is 0 Å². The van der Waals surface area contributed by atoms with Crippen molar-refractivity contribution >= 4 is 15.9 Å². The summed E-state index contributed by atoms with van der Waals surface area (Å²) < 4.78 is 27.3. The standard InChI is InChI=1S/C17H24N2O4S/c1-13-3-5-16(6-4-13)24(22,23)19-9-15-7-8-18(14(2)21)10-17(15,11-19)12-20/h3-6,15,20H,7-12H2,1-2H3/t15-,17+/m0/s1. The van der Waals surface area contributed by atoms with E-state index in [2.05, 4.69) is 0 Å². The van der Waals surface area contributed by atoms with E-state index in [1.165, 1.54) is 11.2 Å². The number of likely N-dealkylation sites (tertiary alicyclic amines) is 1. The van der Waals surface area contributed by atoms with Gasteiger partial charge in [-0.1, -0.05) is 17.7 Å². The second-order valence-electron chi connectivity index (χ2n) is 7.06. The number of carbonyl (C=O) groups excluding carboxylic acids is 1. The number of hydrogen-bond donors (Lipinski definition) is 1. The van der Waals surface area contributed by atoms with E-state index >= 15 is 0 Å². The van der Waals surface area contributed by atoms with E-state index < -0.39 is 15.4 Å². The minimum Gasteiger partial charge on any atom is -0.396 e. The normalized spacial score (nSPS) is 28.0. The summed E-state index contributed by atoms with van der Waals surface area (Å²) in [4.78, 5) is 13.7. The van der Waals surface area contributed by atoms with E-state index in [0.717, 1.165) is 12.0 Å². The maximum atomic E-state index is 12.9. The van der Waals surface area contributed by atoms with Gasteiger partial charge in [-0.15, -0.1) is 0 Å². The molecule has 3 rings (SSSR count). The average Bonchev–Trinajstić information content (AvgIpc) is 2.95. The van der Waals surface area contributed by atoms with Gasteiger partial charge in [0.2, 0.25) is 15.9 Å². The lowest BCUT2D eigenvalue weighted by Gasteiger charge is -2.42. The second-order valence-corrected chi connectivity index (χ2v) is 9.00. The number of benzene rings is 1. The molecule has 132 valence electrons. The smallest absolute Gasteiger partial charge is 0.243 e. The van der Waals surface area contributed by atoms with Gasteiger partial charge in [0.25, 0.3) is 0 Å². The lowest BCUT2D eigenvalue weighted by molar-refractivity contribution is -0.134. The van der Waals surface area contributed by atoms with Gasteiger partial charge in [-0.25, -0.2) is 8.42 Å². The fraction of sp³-hybridized carbons (Fsp3) is 0.588. The molecule has 1 aromatic rings.